The van der Waals surface area contributed by atoms with Crippen LogP contribution >= 0.6 is 0 Å². The summed E-state index contributed by atoms with van der Waals surface area (Å²) in [5.74, 6) is 0.242. The Balaban J connectivity index is 2.02. The lowest BCUT2D eigenvalue weighted by Crippen LogP contribution is -2.16. The summed E-state index contributed by atoms with van der Waals surface area (Å²) in [7, 11) is 0. The van der Waals surface area contributed by atoms with Crippen LogP contribution in [0, 0.1) is 0 Å². The Hall–Kier alpha value is -1.80. The summed E-state index contributed by atoms with van der Waals surface area (Å²) >= 11 is 0. The molecule has 0 saturated carbocycles. The molecule has 3 rings (SSSR count). The standard InChI is InChI=1S/C10H12FN5O2/c11-6-1-5(2-17)18-10(6)16-4-15-7-8(12)13-3-14-9(7)16/h3-6,10,17H,1-2H2,(H2,12,13,14). The molecule has 96 valence electrons. The minimum Gasteiger partial charge on any atom is -0.394 e. The number of aliphatic hydroxyl groups is 1. The van der Waals surface area contributed by atoms with Crippen LogP contribution in [0.4, 0.5) is 10.2 Å². The van der Waals surface area contributed by atoms with Gasteiger partial charge in [0.15, 0.2) is 17.7 Å². The van der Waals surface area contributed by atoms with Gasteiger partial charge in [-0.2, -0.15) is 0 Å². The van der Waals surface area contributed by atoms with Gasteiger partial charge in [-0.05, 0) is 0 Å². The molecule has 0 amide bonds. The zero-order chi connectivity index (χ0) is 12.7. The molecule has 1 aliphatic rings. The molecule has 1 saturated heterocycles. The number of aromatic nitrogens is 4. The van der Waals surface area contributed by atoms with Crippen LogP contribution < -0.4 is 5.73 Å². The molecule has 1 fully saturated rings. The number of rotatable bonds is 2. The molecule has 0 bridgehead atoms. The zero-order valence-corrected chi connectivity index (χ0v) is 9.40. The third kappa shape index (κ3) is 1.61. The first kappa shape index (κ1) is 11.3. The zero-order valence-electron chi connectivity index (χ0n) is 9.40. The molecule has 3 N–H and O–H groups in total. The molecule has 18 heavy (non-hydrogen) atoms. The number of ether oxygens (including phenoxy) is 1. The number of fused-ring (bicyclic) bond motifs is 1. The van der Waals surface area contributed by atoms with E-state index >= 15 is 0 Å². The first-order valence-electron chi connectivity index (χ1n) is 5.54. The van der Waals surface area contributed by atoms with E-state index in [0.717, 1.165) is 0 Å². The average Bonchev–Trinajstić information content (AvgIpc) is 2.93. The Labute approximate surface area is 101 Å². The predicted octanol–water partition coefficient (Wildman–Crippen LogP) is 0.0264. The molecule has 1 aliphatic heterocycles. The van der Waals surface area contributed by atoms with Crippen molar-refractivity contribution in [3.63, 3.8) is 0 Å². The number of anilines is 1. The lowest BCUT2D eigenvalue weighted by Gasteiger charge is -2.15. The van der Waals surface area contributed by atoms with Crippen molar-refractivity contribution >= 4 is 17.0 Å². The number of aliphatic hydroxyl groups excluding tert-OH is 1. The van der Waals surface area contributed by atoms with E-state index in [4.69, 9.17) is 15.6 Å². The van der Waals surface area contributed by atoms with Gasteiger partial charge in [0, 0.05) is 6.42 Å². The third-order valence-corrected chi connectivity index (χ3v) is 2.99. The maximum absolute atomic E-state index is 13.9. The van der Waals surface area contributed by atoms with E-state index < -0.39 is 18.5 Å². The van der Waals surface area contributed by atoms with Crippen LogP contribution in [-0.4, -0.2) is 43.5 Å². The van der Waals surface area contributed by atoms with Crippen molar-refractivity contribution in [1.29, 1.82) is 0 Å². The highest BCUT2D eigenvalue weighted by atomic mass is 19.1. The topological polar surface area (TPSA) is 99.1 Å². The minimum atomic E-state index is -1.21. The van der Waals surface area contributed by atoms with E-state index in [-0.39, 0.29) is 18.8 Å². The fourth-order valence-corrected chi connectivity index (χ4v) is 2.12. The SMILES string of the molecule is Nc1ncnc2c1ncn2C1OC(CO)CC1F. The van der Waals surface area contributed by atoms with Gasteiger partial charge in [0.25, 0.3) is 0 Å². The Morgan fingerprint density at radius 3 is 3.06 bits per heavy atom. The van der Waals surface area contributed by atoms with Crippen LogP contribution in [0.5, 0.6) is 0 Å². The maximum atomic E-state index is 13.9. The Morgan fingerprint density at radius 2 is 2.33 bits per heavy atom. The predicted molar refractivity (Wildman–Crippen MR) is 60.2 cm³/mol. The van der Waals surface area contributed by atoms with Crippen molar-refractivity contribution in [1.82, 2.24) is 19.5 Å². The third-order valence-electron chi connectivity index (χ3n) is 2.99. The summed E-state index contributed by atoms with van der Waals surface area (Å²) < 4.78 is 20.7. The number of hydrogen-bond acceptors (Lipinski definition) is 6. The molecule has 8 heteroatoms. The summed E-state index contributed by atoms with van der Waals surface area (Å²) in [6.07, 6.45) is 0.328. The van der Waals surface area contributed by atoms with E-state index in [9.17, 15) is 4.39 Å². The lowest BCUT2D eigenvalue weighted by molar-refractivity contribution is -0.0351. The Kier molecular flexibility index (Phi) is 2.60. The van der Waals surface area contributed by atoms with Gasteiger partial charge in [0.1, 0.15) is 18.0 Å². The highest BCUT2D eigenvalue weighted by Crippen LogP contribution is 2.33. The first-order valence-corrected chi connectivity index (χ1v) is 5.54. The van der Waals surface area contributed by atoms with Crippen LogP contribution in [0.1, 0.15) is 12.6 Å². The molecule has 2 aromatic heterocycles. The Morgan fingerprint density at radius 1 is 1.50 bits per heavy atom. The summed E-state index contributed by atoms with van der Waals surface area (Å²) in [6, 6.07) is 0. The molecule has 0 aromatic carbocycles. The molecule has 0 radical (unpaired) electrons. The van der Waals surface area contributed by atoms with E-state index in [1.54, 1.807) is 0 Å². The fraction of sp³-hybridized carbons (Fsp3) is 0.500. The maximum Gasteiger partial charge on any atom is 0.168 e. The van der Waals surface area contributed by atoms with Gasteiger partial charge in [-0.3, -0.25) is 4.57 Å². The van der Waals surface area contributed by atoms with Crippen LogP contribution in [0.15, 0.2) is 12.7 Å². The lowest BCUT2D eigenvalue weighted by atomic mass is 10.2. The second-order valence-electron chi connectivity index (χ2n) is 4.17. The van der Waals surface area contributed by atoms with Gasteiger partial charge in [0.2, 0.25) is 0 Å². The van der Waals surface area contributed by atoms with Crippen LogP contribution in [0.25, 0.3) is 11.2 Å². The molecule has 3 atom stereocenters. The van der Waals surface area contributed by atoms with E-state index in [2.05, 4.69) is 15.0 Å². The normalized spacial score (nSPS) is 28.0. The van der Waals surface area contributed by atoms with E-state index in [0.29, 0.717) is 11.2 Å². The smallest absolute Gasteiger partial charge is 0.168 e. The molecule has 2 aromatic rings. The number of nitrogens with zero attached hydrogens (tertiary/aromatic N) is 4. The quantitative estimate of drug-likeness (QED) is 0.783. The van der Waals surface area contributed by atoms with Crippen LogP contribution in [0.3, 0.4) is 0 Å². The highest BCUT2D eigenvalue weighted by molar-refractivity contribution is 5.81. The second kappa shape index (κ2) is 4.14. The van der Waals surface area contributed by atoms with Crippen molar-refractivity contribution in [3.05, 3.63) is 12.7 Å². The monoisotopic (exact) mass is 253 g/mol. The number of halogens is 1. The molecule has 0 spiro atoms. The fourth-order valence-electron chi connectivity index (χ4n) is 2.12. The van der Waals surface area contributed by atoms with E-state index in [1.165, 1.54) is 17.2 Å². The highest BCUT2D eigenvalue weighted by Gasteiger charge is 2.37. The van der Waals surface area contributed by atoms with Crippen molar-refractivity contribution in [2.75, 3.05) is 12.3 Å². The van der Waals surface area contributed by atoms with Crippen molar-refractivity contribution in [2.24, 2.45) is 0 Å². The molecule has 3 unspecified atom stereocenters. The van der Waals surface area contributed by atoms with Crippen molar-refractivity contribution in [3.8, 4) is 0 Å². The molecule has 3 heterocycles. The number of imidazole rings is 1. The molecular weight excluding hydrogens is 241 g/mol. The van der Waals surface area contributed by atoms with E-state index in [1.807, 2.05) is 0 Å². The second-order valence-corrected chi connectivity index (χ2v) is 4.17. The minimum absolute atomic E-state index is 0.154. The number of hydrogen-bond donors (Lipinski definition) is 2. The van der Waals surface area contributed by atoms with Gasteiger partial charge in [-0.15, -0.1) is 0 Å². The number of nitrogens with two attached hydrogens (primary N) is 1. The number of alkyl halides is 1. The summed E-state index contributed by atoms with van der Waals surface area (Å²) in [6.45, 7) is -0.208. The van der Waals surface area contributed by atoms with Crippen LogP contribution in [0.2, 0.25) is 0 Å². The van der Waals surface area contributed by atoms with Gasteiger partial charge in [0.05, 0.1) is 19.0 Å². The largest absolute Gasteiger partial charge is 0.394 e. The van der Waals surface area contributed by atoms with Gasteiger partial charge >= 0.3 is 0 Å². The Bertz CT molecular complexity index is 574. The average molecular weight is 253 g/mol. The van der Waals surface area contributed by atoms with Gasteiger partial charge in [-0.25, -0.2) is 19.3 Å². The van der Waals surface area contributed by atoms with Gasteiger partial charge in [-0.1, -0.05) is 0 Å². The molecular formula is C10H12FN5O2. The molecule has 0 aliphatic carbocycles. The summed E-state index contributed by atoms with van der Waals surface area (Å²) in [5.41, 5.74) is 6.50. The summed E-state index contributed by atoms with van der Waals surface area (Å²) in [5, 5.41) is 8.99. The van der Waals surface area contributed by atoms with Crippen molar-refractivity contribution in [2.45, 2.75) is 24.9 Å². The summed E-state index contributed by atoms with van der Waals surface area (Å²) in [4.78, 5) is 11.9. The van der Waals surface area contributed by atoms with Crippen LogP contribution in [-0.2, 0) is 4.74 Å². The molecule has 7 nitrogen and oxygen atoms in total. The van der Waals surface area contributed by atoms with Gasteiger partial charge < -0.3 is 15.6 Å². The number of nitrogen functional groups attached to an aromatic ring is 1. The first-order chi connectivity index (χ1) is 8.70. The van der Waals surface area contributed by atoms with Crippen molar-refractivity contribution < 1.29 is 14.2 Å².